The first-order chi connectivity index (χ1) is 9.10. The normalized spacial score (nSPS) is 10.7. The highest BCUT2D eigenvalue weighted by atomic mass is 16.1. The third kappa shape index (κ3) is 4.56. The van der Waals surface area contributed by atoms with Crippen molar-refractivity contribution in [3.63, 3.8) is 0 Å². The predicted octanol–water partition coefficient (Wildman–Crippen LogP) is 2.04. The van der Waals surface area contributed by atoms with E-state index in [1.54, 1.807) is 0 Å². The molecular formula is C15H25N3O. The lowest BCUT2D eigenvalue weighted by Gasteiger charge is -2.17. The van der Waals surface area contributed by atoms with E-state index in [0.29, 0.717) is 17.8 Å². The maximum absolute atomic E-state index is 12.0. The van der Waals surface area contributed by atoms with Crippen LogP contribution < -0.4 is 11.1 Å². The Labute approximate surface area is 116 Å². The number of benzene rings is 1. The van der Waals surface area contributed by atoms with Gasteiger partial charge in [-0.05, 0) is 50.7 Å². The topological polar surface area (TPSA) is 58.4 Å². The number of carbonyl (C=O) groups is 1. The number of nitrogens with two attached hydrogens (primary N) is 1. The minimum atomic E-state index is -0.0376. The van der Waals surface area contributed by atoms with Crippen LogP contribution in [0.3, 0.4) is 0 Å². The number of hydrogen-bond donors (Lipinski definition) is 2. The van der Waals surface area contributed by atoms with Gasteiger partial charge in [-0.3, -0.25) is 4.79 Å². The molecule has 0 bridgehead atoms. The fourth-order valence-electron chi connectivity index (χ4n) is 2.04. The number of amides is 1. The van der Waals surface area contributed by atoms with Gasteiger partial charge in [0, 0.05) is 17.8 Å². The minimum Gasteiger partial charge on any atom is -0.398 e. The van der Waals surface area contributed by atoms with Crippen LogP contribution in [0.2, 0.25) is 0 Å². The molecule has 0 atom stereocenters. The molecule has 1 rings (SSSR count). The lowest BCUT2D eigenvalue weighted by atomic mass is 10.1. The molecule has 0 fully saturated rings. The van der Waals surface area contributed by atoms with Crippen molar-refractivity contribution in [1.82, 2.24) is 10.2 Å². The molecule has 0 aliphatic carbocycles. The molecule has 0 saturated heterocycles. The summed E-state index contributed by atoms with van der Waals surface area (Å²) in [5.41, 5.74) is 7.99. The molecule has 1 amide bonds. The average molecular weight is 263 g/mol. The average Bonchev–Trinajstić information content (AvgIpc) is 2.42. The maximum Gasteiger partial charge on any atom is 0.251 e. The Morgan fingerprint density at radius 3 is 2.63 bits per heavy atom. The van der Waals surface area contributed by atoms with Crippen molar-refractivity contribution in [3.8, 4) is 0 Å². The Kier molecular flexibility index (Phi) is 6.36. The number of nitrogens with zero attached hydrogens (tertiary/aromatic N) is 1. The van der Waals surface area contributed by atoms with Gasteiger partial charge in [0.25, 0.3) is 5.91 Å². The van der Waals surface area contributed by atoms with Gasteiger partial charge < -0.3 is 16.0 Å². The summed E-state index contributed by atoms with van der Waals surface area (Å²) in [7, 11) is 0. The van der Waals surface area contributed by atoms with Crippen molar-refractivity contribution in [2.45, 2.75) is 27.2 Å². The summed E-state index contributed by atoms with van der Waals surface area (Å²) in [4.78, 5) is 14.4. The Morgan fingerprint density at radius 2 is 2.00 bits per heavy atom. The van der Waals surface area contributed by atoms with Gasteiger partial charge in [0.15, 0.2) is 0 Å². The molecule has 0 unspecified atom stereocenters. The lowest BCUT2D eigenvalue weighted by molar-refractivity contribution is 0.0951. The van der Waals surface area contributed by atoms with Crippen molar-refractivity contribution in [2.75, 3.05) is 31.9 Å². The first kappa shape index (κ1) is 15.5. The molecule has 4 heteroatoms. The number of nitrogen functional groups attached to an aromatic ring is 1. The fraction of sp³-hybridized carbons (Fsp3) is 0.533. The zero-order valence-electron chi connectivity index (χ0n) is 12.2. The standard InChI is InChI=1S/C15H25N3O/c1-4-18(5-2)11-7-10-17-15(19)13-8-6-9-14(16)12(13)3/h6,8-9H,4-5,7,10-11,16H2,1-3H3,(H,17,19). The summed E-state index contributed by atoms with van der Waals surface area (Å²) in [5.74, 6) is -0.0376. The third-order valence-electron chi connectivity index (χ3n) is 3.45. The molecule has 19 heavy (non-hydrogen) atoms. The second kappa shape index (κ2) is 7.79. The number of hydrogen-bond acceptors (Lipinski definition) is 3. The van der Waals surface area contributed by atoms with Crippen LogP contribution in [-0.4, -0.2) is 37.0 Å². The Morgan fingerprint density at radius 1 is 1.32 bits per heavy atom. The van der Waals surface area contributed by atoms with E-state index in [-0.39, 0.29) is 5.91 Å². The summed E-state index contributed by atoms with van der Waals surface area (Å²) in [6, 6.07) is 5.44. The molecule has 106 valence electrons. The largest absolute Gasteiger partial charge is 0.398 e. The maximum atomic E-state index is 12.0. The predicted molar refractivity (Wildman–Crippen MR) is 80.3 cm³/mol. The van der Waals surface area contributed by atoms with Gasteiger partial charge >= 0.3 is 0 Å². The lowest BCUT2D eigenvalue weighted by Crippen LogP contribution is -2.30. The van der Waals surface area contributed by atoms with E-state index in [4.69, 9.17) is 5.73 Å². The third-order valence-corrected chi connectivity index (χ3v) is 3.45. The molecule has 0 radical (unpaired) electrons. The van der Waals surface area contributed by atoms with Crippen LogP contribution in [0.4, 0.5) is 5.69 Å². The van der Waals surface area contributed by atoms with Crippen LogP contribution in [0, 0.1) is 6.92 Å². The molecule has 1 aromatic carbocycles. The monoisotopic (exact) mass is 263 g/mol. The second-order valence-electron chi connectivity index (χ2n) is 4.66. The Hall–Kier alpha value is -1.55. The van der Waals surface area contributed by atoms with Crippen molar-refractivity contribution < 1.29 is 4.79 Å². The fourth-order valence-corrected chi connectivity index (χ4v) is 2.04. The molecular weight excluding hydrogens is 238 g/mol. The summed E-state index contributed by atoms with van der Waals surface area (Å²) >= 11 is 0. The van der Waals surface area contributed by atoms with Crippen LogP contribution in [-0.2, 0) is 0 Å². The van der Waals surface area contributed by atoms with Gasteiger partial charge in [-0.2, -0.15) is 0 Å². The first-order valence-electron chi connectivity index (χ1n) is 6.95. The summed E-state index contributed by atoms with van der Waals surface area (Å²) < 4.78 is 0. The van der Waals surface area contributed by atoms with E-state index < -0.39 is 0 Å². The second-order valence-corrected chi connectivity index (χ2v) is 4.66. The summed E-state index contributed by atoms with van der Waals surface area (Å²) in [6.07, 6.45) is 0.967. The van der Waals surface area contributed by atoms with Crippen molar-refractivity contribution >= 4 is 11.6 Å². The van der Waals surface area contributed by atoms with Gasteiger partial charge in [0.2, 0.25) is 0 Å². The van der Waals surface area contributed by atoms with E-state index in [9.17, 15) is 4.79 Å². The highest BCUT2D eigenvalue weighted by molar-refractivity contribution is 5.96. The smallest absolute Gasteiger partial charge is 0.251 e. The van der Waals surface area contributed by atoms with Crippen molar-refractivity contribution in [2.24, 2.45) is 0 Å². The Bertz CT molecular complexity index is 414. The van der Waals surface area contributed by atoms with E-state index in [0.717, 1.165) is 31.6 Å². The zero-order valence-corrected chi connectivity index (χ0v) is 12.2. The first-order valence-corrected chi connectivity index (χ1v) is 6.95. The molecule has 0 saturated carbocycles. The molecule has 0 heterocycles. The highest BCUT2D eigenvalue weighted by Gasteiger charge is 2.09. The van der Waals surface area contributed by atoms with Crippen LogP contribution in [0.25, 0.3) is 0 Å². The van der Waals surface area contributed by atoms with Crippen LogP contribution in [0.5, 0.6) is 0 Å². The van der Waals surface area contributed by atoms with E-state index >= 15 is 0 Å². The molecule has 0 aromatic heterocycles. The zero-order chi connectivity index (χ0) is 14.3. The summed E-state index contributed by atoms with van der Waals surface area (Å²) in [6.45, 7) is 10.0. The molecule has 0 aliphatic rings. The van der Waals surface area contributed by atoms with E-state index in [1.165, 1.54) is 0 Å². The molecule has 0 aliphatic heterocycles. The van der Waals surface area contributed by atoms with E-state index in [2.05, 4.69) is 24.1 Å². The SMILES string of the molecule is CCN(CC)CCCNC(=O)c1cccc(N)c1C. The quantitative estimate of drug-likeness (QED) is 0.584. The van der Waals surface area contributed by atoms with Crippen LogP contribution in [0.15, 0.2) is 18.2 Å². The van der Waals surface area contributed by atoms with Gasteiger partial charge in [-0.15, -0.1) is 0 Å². The summed E-state index contributed by atoms with van der Waals surface area (Å²) in [5, 5.41) is 2.95. The molecule has 3 N–H and O–H groups in total. The van der Waals surface area contributed by atoms with E-state index in [1.807, 2.05) is 25.1 Å². The molecule has 4 nitrogen and oxygen atoms in total. The van der Waals surface area contributed by atoms with Gasteiger partial charge in [-0.25, -0.2) is 0 Å². The number of rotatable bonds is 7. The number of anilines is 1. The number of nitrogens with one attached hydrogen (secondary N) is 1. The van der Waals surface area contributed by atoms with Gasteiger partial charge in [0.1, 0.15) is 0 Å². The minimum absolute atomic E-state index is 0.0376. The highest BCUT2D eigenvalue weighted by Crippen LogP contribution is 2.15. The van der Waals surface area contributed by atoms with Crippen molar-refractivity contribution in [3.05, 3.63) is 29.3 Å². The van der Waals surface area contributed by atoms with Gasteiger partial charge in [0.05, 0.1) is 0 Å². The van der Waals surface area contributed by atoms with Crippen molar-refractivity contribution in [1.29, 1.82) is 0 Å². The van der Waals surface area contributed by atoms with Gasteiger partial charge in [-0.1, -0.05) is 19.9 Å². The van der Waals surface area contributed by atoms with Crippen LogP contribution in [0.1, 0.15) is 36.2 Å². The number of carbonyl (C=O) groups excluding carboxylic acids is 1. The molecule has 0 spiro atoms. The molecule has 1 aromatic rings. The van der Waals surface area contributed by atoms with Crippen LogP contribution >= 0.6 is 0 Å². The Balaban J connectivity index is 2.41.